The van der Waals surface area contributed by atoms with Gasteiger partial charge in [0.05, 0.1) is 34.4 Å². The Balaban J connectivity index is -0.000000251. The van der Waals surface area contributed by atoms with Gasteiger partial charge in [0.1, 0.15) is 24.9 Å². The number of aldehydes is 1. The largest absolute Gasteiger partial charge is 1.00 e. The lowest BCUT2D eigenvalue weighted by Crippen LogP contribution is -3.00. The second-order valence-corrected chi connectivity index (χ2v) is 4.60. The third kappa shape index (κ3) is 13.8. The van der Waals surface area contributed by atoms with Gasteiger partial charge in [0.25, 0.3) is 0 Å². The van der Waals surface area contributed by atoms with Gasteiger partial charge in [-0.15, -0.1) is 0 Å². The molecule has 0 unspecified atom stereocenters. The minimum absolute atomic E-state index is 0. The summed E-state index contributed by atoms with van der Waals surface area (Å²) in [4.78, 5) is 9.76. The fraction of sp³-hybridized carbons (Fsp3) is 0.900. The molecule has 8 heteroatoms. The topological polar surface area (TPSA) is 118 Å². The van der Waals surface area contributed by atoms with Gasteiger partial charge in [0, 0.05) is 0 Å². The molecule has 0 spiro atoms. The summed E-state index contributed by atoms with van der Waals surface area (Å²) in [5, 5.41) is 42.4. The van der Waals surface area contributed by atoms with E-state index in [9.17, 15) is 4.79 Å². The quantitative estimate of drug-likeness (QED) is 0.245. The Morgan fingerprint density at radius 3 is 1.72 bits per heavy atom. The Morgan fingerprint density at radius 1 is 1.11 bits per heavy atom. The van der Waals surface area contributed by atoms with Crippen molar-refractivity contribution in [1.82, 2.24) is 0 Å². The number of aliphatic hydroxyl groups excluding tert-OH is 5. The molecule has 0 aromatic carbocycles. The van der Waals surface area contributed by atoms with Gasteiger partial charge in [-0.2, -0.15) is 0 Å². The van der Waals surface area contributed by atoms with Crippen molar-refractivity contribution >= 4 is 6.29 Å². The normalized spacial score (nSPS) is 15.6. The van der Waals surface area contributed by atoms with Crippen LogP contribution in [0.15, 0.2) is 0 Å². The smallest absolute Gasteiger partial charge is 0.151 e. The van der Waals surface area contributed by atoms with Crippen LogP contribution in [0.2, 0.25) is 0 Å². The molecule has 0 radical (unpaired) electrons. The molecule has 0 saturated carbocycles. The van der Waals surface area contributed by atoms with Crippen molar-refractivity contribution in [1.29, 1.82) is 0 Å². The molecular formula is C10H24ClNO6. The van der Waals surface area contributed by atoms with Crippen molar-refractivity contribution < 1.29 is 47.2 Å². The van der Waals surface area contributed by atoms with E-state index in [2.05, 4.69) is 21.1 Å². The Morgan fingerprint density at radius 2 is 1.56 bits per heavy atom. The molecule has 0 heterocycles. The SMILES string of the molecule is C[N+](C)(C)CCO.O=C[C@H](O)[C@@H](O)[C@H](O)CO.[Cl-]. The van der Waals surface area contributed by atoms with Crippen LogP contribution in [-0.4, -0.2) is 95.5 Å². The Bertz CT molecular complexity index is 199. The van der Waals surface area contributed by atoms with Crippen LogP contribution in [0.4, 0.5) is 0 Å². The number of carbonyl (C=O) groups is 1. The van der Waals surface area contributed by atoms with Crippen molar-refractivity contribution in [2.24, 2.45) is 0 Å². The third-order valence-electron chi connectivity index (χ3n) is 1.84. The number of quaternary nitrogens is 1. The predicted molar refractivity (Wildman–Crippen MR) is 61.2 cm³/mol. The fourth-order valence-electron chi connectivity index (χ4n) is 0.716. The average Bonchev–Trinajstić information content (AvgIpc) is 2.25. The molecule has 18 heavy (non-hydrogen) atoms. The number of hydrogen-bond acceptors (Lipinski definition) is 6. The van der Waals surface area contributed by atoms with Crippen molar-refractivity contribution in [2.75, 3.05) is 40.9 Å². The molecule has 7 nitrogen and oxygen atoms in total. The van der Waals surface area contributed by atoms with Crippen LogP contribution in [0.3, 0.4) is 0 Å². The number of aliphatic hydroxyl groups is 5. The number of carbonyl (C=O) groups excluding carboxylic acids is 1. The van der Waals surface area contributed by atoms with Gasteiger partial charge in [0.2, 0.25) is 0 Å². The molecule has 0 amide bonds. The predicted octanol–water partition coefficient (Wildman–Crippen LogP) is -6.05. The van der Waals surface area contributed by atoms with Crippen LogP contribution in [0, 0.1) is 0 Å². The first-order chi connectivity index (χ1) is 7.69. The van der Waals surface area contributed by atoms with Gasteiger partial charge < -0.3 is 47.2 Å². The first kappa shape index (κ1) is 22.9. The molecule has 0 aromatic rings. The number of nitrogens with zero attached hydrogens (tertiary/aromatic N) is 1. The van der Waals surface area contributed by atoms with E-state index in [1.807, 2.05) is 0 Å². The van der Waals surface area contributed by atoms with Crippen molar-refractivity contribution in [3.63, 3.8) is 0 Å². The molecule has 5 N–H and O–H groups in total. The van der Waals surface area contributed by atoms with Crippen LogP contribution < -0.4 is 12.4 Å². The average molecular weight is 290 g/mol. The minimum atomic E-state index is -1.64. The molecule has 0 saturated heterocycles. The van der Waals surface area contributed by atoms with Gasteiger partial charge in [-0.25, -0.2) is 0 Å². The second kappa shape index (κ2) is 11.8. The fourth-order valence-corrected chi connectivity index (χ4v) is 0.716. The highest BCUT2D eigenvalue weighted by molar-refractivity contribution is 5.56. The zero-order valence-corrected chi connectivity index (χ0v) is 11.7. The molecule has 3 atom stereocenters. The van der Waals surface area contributed by atoms with Crippen LogP contribution >= 0.6 is 0 Å². The molecular weight excluding hydrogens is 266 g/mol. The van der Waals surface area contributed by atoms with Crippen molar-refractivity contribution in [3.8, 4) is 0 Å². The van der Waals surface area contributed by atoms with E-state index in [0.29, 0.717) is 0 Å². The summed E-state index contributed by atoms with van der Waals surface area (Å²) in [5.41, 5.74) is 0. The minimum Gasteiger partial charge on any atom is -1.00 e. The molecule has 0 aromatic heterocycles. The molecule has 0 fully saturated rings. The van der Waals surface area contributed by atoms with Gasteiger partial charge in [-0.3, -0.25) is 0 Å². The van der Waals surface area contributed by atoms with Gasteiger partial charge in [-0.1, -0.05) is 0 Å². The van der Waals surface area contributed by atoms with E-state index in [1.165, 1.54) is 0 Å². The van der Waals surface area contributed by atoms with Crippen LogP contribution in [-0.2, 0) is 4.79 Å². The molecule has 0 rings (SSSR count). The summed E-state index contributed by atoms with van der Waals surface area (Å²) in [5.74, 6) is 0. The maximum atomic E-state index is 9.76. The Labute approximate surface area is 113 Å². The monoisotopic (exact) mass is 289 g/mol. The first-order valence-corrected chi connectivity index (χ1v) is 5.21. The van der Waals surface area contributed by atoms with Crippen LogP contribution in [0.1, 0.15) is 0 Å². The Kier molecular flexibility index (Phi) is 15.0. The van der Waals surface area contributed by atoms with E-state index in [0.717, 1.165) is 11.0 Å². The van der Waals surface area contributed by atoms with Crippen molar-refractivity contribution in [2.45, 2.75) is 18.3 Å². The zero-order valence-electron chi connectivity index (χ0n) is 10.9. The summed E-state index contributed by atoms with van der Waals surface area (Å²) in [7, 11) is 6.16. The van der Waals surface area contributed by atoms with Gasteiger partial charge in [0.15, 0.2) is 6.29 Å². The third-order valence-corrected chi connectivity index (χ3v) is 1.84. The molecule has 0 aliphatic rings. The Hall–Kier alpha value is -0.280. The maximum Gasteiger partial charge on any atom is 0.151 e. The lowest BCUT2D eigenvalue weighted by molar-refractivity contribution is -0.870. The van der Waals surface area contributed by atoms with E-state index >= 15 is 0 Å². The lowest BCUT2D eigenvalue weighted by Gasteiger charge is -2.21. The van der Waals surface area contributed by atoms with Crippen LogP contribution in [0.25, 0.3) is 0 Å². The second-order valence-electron chi connectivity index (χ2n) is 4.60. The van der Waals surface area contributed by atoms with Crippen molar-refractivity contribution in [3.05, 3.63) is 0 Å². The summed E-state index contributed by atoms with van der Waals surface area (Å²) in [6, 6.07) is 0. The van der Waals surface area contributed by atoms with E-state index in [4.69, 9.17) is 25.5 Å². The maximum absolute atomic E-state index is 9.76. The van der Waals surface area contributed by atoms with Gasteiger partial charge in [-0.05, 0) is 0 Å². The van der Waals surface area contributed by atoms with Gasteiger partial charge >= 0.3 is 0 Å². The highest BCUT2D eigenvalue weighted by Crippen LogP contribution is 1.96. The molecule has 0 aliphatic carbocycles. The number of likely N-dealkylation sites (N-methyl/N-ethyl adjacent to an activating group) is 1. The zero-order chi connectivity index (χ0) is 14.1. The standard InChI is InChI=1S/C5H14NO.C5H10O5.ClH/c1-6(2,3)4-5-7;6-1-3(8)5(10)4(9)2-7;/h7H,4-5H2,1-3H3;1,3-5,7-10H,2H2;1H/q+1;;/p-1/t;3-,4+,5+;/m.0./s1. The highest BCUT2D eigenvalue weighted by Gasteiger charge is 2.22. The number of hydrogen-bond donors (Lipinski definition) is 5. The summed E-state index contributed by atoms with van der Waals surface area (Å²) < 4.78 is 0.844. The van der Waals surface area contributed by atoms with E-state index in [-0.39, 0.29) is 25.3 Å². The van der Waals surface area contributed by atoms with E-state index < -0.39 is 24.9 Å². The summed E-state index contributed by atoms with van der Waals surface area (Å²) >= 11 is 0. The molecule has 112 valence electrons. The first-order valence-electron chi connectivity index (χ1n) is 5.21. The molecule has 0 aliphatic heterocycles. The van der Waals surface area contributed by atoms with E-state index in [1.54, 1.807) is 0 Å². The molecule has 0 bridgehead atoms. The lowest BCUT2D eigenvalue weighted by atomic mass is 10.1. The number of rotatable bonds is 6. The number of halogens is 1. The van der Waals surface area contributed by atoms with Crippen LogP contribution in [0.5, 0.6) is 0 Å². The summed E-state index contributed by atoms with van der Waals surface area (Å²) in [6.07, 6.45) is -4.63. The highest BCUT2D eigenvalue weighted by atomic mass is 35.5. The summed E-state index contributed by atoms with van der Waals surface area (Å²) in [6.45, 7) is 0.426.